The van der Waals surface area contributed by atoms with Crippen LogP contribution in [0.4, 0.5) is 8.78 Å². The van der Waals surface area contributed by atoms with Gasteiger partial charge >= 0.3 is 0 Å². The average Bonchev–Trinajstić information content (AvgIpc) is 2.58. The Labute approximate surface area is 137 Å². The molecule has 1 aromatic rings. The van der Waals surface area contributed by atoms with E-state index in [1.807, 2.05) is 0 Å². The predicted octanol–water partition coefficient (Wildman–Crippen LogP) is 3.91. The number of aliphatic hydroxyl groups excluding tert-OH is 1. The maximum absolute atomic E-state index is 14.0. The van der Waals surface area contributed by atoms with Crippen molar-refractivity contribution in [3.63, 3.8) is 0 Å². The molecule has 0 aromatic heterocycles. The Bertz CT molecular complexity index is 530. The molecule has 1 N–H and O–H groups in total. The molecule has 0 radical (unpaired) electrons. The quantitative estimate of drug-likeness (QED) is 0.908. The summed E-state index contributed by atoms with van der Waals surface area (Å²) in [6, 6.07) is 4.41. The molecule has 1 aromatic carbocycles. The number of aliphatic hydroxyl groups is 1. The summed E-state index contributed by atoms with van der Waals surface area (Å²) < 4.78 is 27.1. The molecule has 23 heavy (non-hydrogen) atoms. The van der Waals surface area contributed by atoms with E-state index in [0.29, 0.717) is 18.0 Å². The fourth-order valence-electron chi connectivity index (χ4n) is 4.40. The lowest BCUT2D eigenvalue weighted by Crippen LogP contribution is -2.51. The van der Waals surface area contributed by atoms with Crippen molar-refractivity contribution in [2.45, 2.75) is 57.4 Å². The van der Waals surface area contributed by atoms with E-state index in [4.69, 9.17) is 0 Å². The van der Waals surface area contributed by atoms with Crippen LogP contribution in [-0.2, 0) is 6.42 Å². The van der Waals surface area contributed by atoms with E-state index in [-0.39, 0.29) is 12.0 Å². The van der Waals surface area contributed by atoms with Crippen LogP contribution < -0.4 is 0 Å². The van der Waals surface area contributed by atoms with Crippen LogP contribution in [0.5, 0.6) is 0 Å². The SMILES string of the molecule is OCC1(Cc2ccc(F)cc2F)CCCN(C2CCCCC2)C1. The zero-order chi connectivity index (χ0) is 16.3. The summed E-state index contributed by atoms with van der Waals surface area (Å²) in [7, 11) is 0. The van der Waals surface area contributed by atoms with Gasteiger partial charge in [0.15, 0.2) is 0 Å². The van der Waals surface area contributed by atoms with Crippen molar-refractivity contribution in [3.8, 4) is 0 Å². The number of piperidine rings is 1. The maximum atomic E-state index is 14.0. The molecule has 2 fully saturated rings. The second kappa shape index (κ2) is 7.27. The molecule has 1 saturated heterocycles. The highest BCUT2D eigenvalue weighted by molar-refractivity contribution is 5.20. The van der Waals surface area contributed by atoms with Crippen molar-refractivity contribution in [2.75, 3.05) is 19.7 Å². The van der Waals surface area contributed by atoms with Crippen molar-refractivity contribution >= 4 is 0 Å². The van der Waals surface area contributed by atoms with Crippen LogP contribution in [0, 0.1) is 17.0 Å². The largest absolute Gasteiger partial charge is 0.396 e. The summed E-state index contributed by atoms with van der Waals surface area (Å²) in [6.45, 7) is 1.97. The summed E-state index contributed by atoms with van der Waals surface area (Å²) in [5.41, 5.74) is 0.222. The number of hydrogen-bond acceptors (Lipinski definition) is 2. The van der Waals surface area contributed by atoms with Gasteiger partial charge in [-0.15, -0.1) is 0 Å². The van der Waals surface area contributed by atoms with Crippen molar-refractivity contribution in [1.29, 1.82) is 0 Å². The number of likely N-dealkylation sites (tertiary alicyclic amines) is 1. The number of rotatable bonds is 4. The normalized spacial score (nSPS) is 27.3. The molecular formula is C19H27F2NO. The monoisotopic (exact) mass is 323 g/mol. The van der Waals surface area contributed by atoms with Gasteiger partial charge in [-0.1, -0.05) is 25.3 Å². The molecule has 1 saturated carbocycles. The number of nitrogens with zero attached hydrogens (tertiary/aromatic N) is 1. The summed E-state index contributed by atoms with van der Waals surface area (Å²) in [5.74, 6) is -1.04. The van der Waals surface area contributed by atoms with Crippen molar-refractivity contribution in [3.05, 3.63) is 35.4 Å². The minimum atomic E-state index is -0.545. The third kappa shape index (κ3) is 3.92. The van der Waals surface area contributed by atoms with E-state index in [2.05, 4.69) is 4.90 Å². The molecule has 1 unspecified atom stereocenters. The van der Waals surface area contributed by atoms with Gasteiger partial charge in [0.1, 0.15) is 11.6 Å². The Morgan fingerprint density at radius 2 is 1.91 bits per heavy atom. The third-order valence-electron chi connectivity index (χ3n) is 5.70. The van der Waals surface area contributed by atoms with E-state index < -0.39 is 11.6 Å². The van der Waals surface area contributed by atoms with E-state index in [0.717, 1.165) is 32.0 Å². The molecule has 128 valence electrons. The summed E-state index contributed by atoms with van der Waals surface area (Å²) in [4.78, 5) is 2.51. The minimum Gasteiger partial charge on any atom is -0.396 e. The van der Waals surface area contributed by atoms with Crippen LogP contribution >= 0.6 is 0 Å². The van der Waals surface area contributed by atoms with E-state index >= 15 is 0 Å². The van der Waals surface area contributed by atoms with E-state index in [1.54, 1.807) is 0 Å². The number of halogens is 2. The Kier molecular flexibility index (Phi) is 5.32. The zero-order valence-corrected chi connectivity index (χ0v) is 13.7. The third-order valence-corrected chi connectivity index (χ3v) is 5.70. The minimum absolute atomic E-state index is 0.0625. The molecule has 0 spiro atoms. The van der Waals surface area contributed by atoms with Crippen molar-refractivity contribution in [1.82, 2.24) is 4.90 Å². The Morgan fingerprint density at radius 1 is 1.13 bits per heavy atom. The molecule has 2 nitrogen and oxygen atoms in total. The van der Waals surface area contributed by atoms with Gasteiger partial charge in [-0.25, -0.2) is 8.78 Å². The highest BCUT2D eigenvalue weighted by Crippen LogP contribution is 2.37. The lowest BCUT2D eigenvalue weighted by Gasteiger charge is -2.46. The Balaban J connectivity index is 1.73. The summed E-state index contributed by atoms with van der Waals surface area (Å²) >= 11 is 0. The molecule has 1 atom stereocenters. The fourth-order valence-corrected chi connectivity index (χ4v) is 4.40. The van der Waals surface area contributed by atoms with Crippen LogP contribution in [0.3, 0.4) is 0 Å². The lowest BCUT2D eigenvalue weighted by atomic mass is 9.74. The maximum Gasteiger partial charge on any atom is 0.129 e. The van der Waals surface area contributed by atoms with Crippen LogP contribution in [0.25, 0.3) is 0 Å². The van der Waals surface area contributed by atoms with Crippen molar-refractivity contribution < 1.29 is 13.9 Å². The van der Waals surface area contributed by atoms with Gasteiger partial charge < -0.3 is 5.11 Å². The first-order valence-corrected chi connectivity index (χ1v) is 8.91. The van der Waals surface area contributed by atoms with Crippen LogP contribution in [-0.4, -0.2) is 35.7 Å². The molecular weight excluding hydrogens is 296 g/mol. The molecule has 2 aliphatic rings. The number of hydrogen-bond donors (Lipinski definition) is 1. The topological polar surface area (TPSA) is 23.5 Å². The first-order chi connectivity index (χ1) is 11.1. The smallest absolute Gasteiger partial charge is 0.129 e. The van der Waals surface area contributed by atoms with Crippen LogP contribution in [0.2, 0.25) is 0 Å². The van der Waals surface area contributed by atoms with Gasteiger partial charge in [0.2, 0.25) is 0 Å². The fraction of sp³-hybridized carbons (Fsp3) is 0.684. The highest BCUT2D eigenvalue weighted by atomic mass is 19.1. The standard InChI is InChI=1S/C19H27F2NO/c20-16-8-7-15(18(21)11-16)12-19(14-23)9-4-10-22(13-19)17-5-2-1-3-6-17/h7-8,11,17,23H,1-6,9-10,12-14H2. The van der Waals surface area contributed by atoms with Gasteiger partial charge in [0.05, 0.1) is 6.61 Å². The Hall–Kier alpha value is -1.00. The Morgan fingerprint density at radius 3 is 2.61 bits per heavy atom. The molecule has 3 rings (SSSR count). The van der Waals surface area contributed by atoms with Crippen LogP contribution in [0.1, 0.15) is 50.5 Å². The summed E-state index contributed by atoms with van der Waals surface area (Å²) in [5, 5.41) is 10.0. The number of benzene rings is 1. The molecule has 0 amide bonds. The van der Waals surface area contributed by atoms with Crippen molar-refractivity contribution in [2.24, 2.45) is 5.41 Å². The van der Waals surface area contributed by atoms with Gasteiger partial charge in [0, 0.05) is 24.1 Å². The van der Waals surface area contributed by atoms with Gasteiger partial charge in [0.25, 0.3) is 0 Å². The lowest BCUT2D eigenvalue weighted by molar-refractivity contribution is 0.00406. The molecule has 1 aliphatic heterocycles. The first-order valence-electron chi connectivity index (χ1n) is 8.91. The van der Waals surface area contributed by atoms with Crippen LogP contribution in [0.15, 0.2) is 18.2 Å². The molecule has 4 heteroatoms. The predicted molar refractivity (Wildman–Crippen MR) is 87.3 cm³/mol. The first kappa shape index (κ1) is 16.8. The van der Waals surface area contributed by atoms with Gasteiger partial charge in [-0.05, 0) is 50.3 Å². The molecule has 0 bridgehead atoms. The van der Waals surface area contributed by atoms with Gasteiger partial charge in [-0.3, -0.25) is 4.90 Å². The average molecular weight is 323 g/mol. The second-order valence-electron chi connectivity index (χ2n) is 7.44. The highest BCUT2D eigenvalue weighted by Gasteiger charge is 2.38. The molecule has 1 heterocycles. The van der Waals surface area contributed by atoms with E-state index in [9.17, 15) is 13.9 Å². The summed E-state index contributed by atoms with van der Waals surface area (Å²) in [6.07, 6.45) is 8.83. The molecule has 1 aliphatic carbocycles. The zero-order valence-electron chi connectivity index (χ0n) is 13.7. The second-order valence-corrected chi connectivity index (χ2v) is 7.44. The van der Waals surface area contributed by atoms with Gasteiger partial charge in [-0.2, -0.15) is 0 Å². The van der Waals surface area contributed by atoms with E-state index in [1.165, 1.54) is 44.2 Å².